The van der Waals surface area contributed by atoms with Crippen LogP contribution in [0.25, 0.3) is 0 Å². The first-order valence-corrected chi connectivity index (χ1v) is 13.2. The molecular weight excluding hydrogens is 480 g/mol. The lowest BCUT2D eigenvalue weighted by Gasteiger charge is -2.38. The second kappa shape index (κ2) is 8.17. The maximum absolute atomic E-state index is 12.9. The van der Waals surface area contributed by atoms with Crippen LogP contribution in [0.15, 0.2) is 29.2 Å². The van der Waals surface area contributed by atoms with Crippen LogP contribution in [0.2, 0.25) is 0 Å². The highest BCUT2D eigenvalue weighted by molar-refractivity contribution is 7.86. The largest absolute Gasteiger partial charge is 0.348 e. The zero-order valence-corrected chi connectivity index (χ0v) is 21.9. The summed E-state index contributed by atoms with van der Waals surface area (Å²) < 4.78 is 74.5. The zero-order chi connectivity index (χ0) is 25.4. The zero-order valence-electron chi connectivity index (χ0n) is 21.1. The minimum absolute atomic E-state index is 0.0614. The molecule has 0 radical (unpaired) electrons. The Kier molecular flexibility index (Phi) is 5.95. The molecule has 4 aliphatic rings. The van der Waals surface area contributed by atoms with Crippen LogP contribution >= 0.6 is 0 Å². The first-order chi connectivity index (χ1) is 16.1. The smallest absolute Gasteiger partial charge is 0.297 e. The van der Waals surface area contributed by atoms with E-state index in [4.69, 9.17) is 37.3 Å². The van der Waals surface area contributed by atoms with E-state index in [9.17, 15) is 8.42 Å². The summed E-state index contributed by atoms with van der Waals surface area (Å²) in [7, 11) is -4.03. The SMILES string of the molecule is Cc1ccc(S(=O)(=O)OC[C@@H]2OC(C)(C)O[C@H]2[C@@]23O[C@H]4COC(C)(C)O[C@H]4[C@@H]2OC(C)(C)O3)cc1. The fraction of sp³-hybridized carbons (Fsp3) is 0.750. The number of benzene rings is 1. The third kappa shape index (κ3) is 4.67. The molecule has 10 nitrogen and oxygen atoms in total. The van der Waals surface area contributed by atoms with Crippen LogP contribution < -0.4 is 0 Å². The molecule has 6 atom stereocenters. The highest BCUT2D eigenvalue weighted by Gasteiger charge is 2.73. The maximum atomic E-state index is 12.9. The Morgan fingerprint density at radius 2 is 1.51 bits per heavy atom. The Morgan fingerprint density at radius 3 is 2.20 bits per heavy atom. The van der Waals surface area contributed by atoms with Gasteiger partial charge in [0.25, 0.3) is 10.1 Å². The number of aryl methyl sites for hydroxylation is 1. The monoisotopic (exact) mass is 514 g/mol. The van der Waals surface area contributed by atoms with Crippen LogP contribution in [0.1, 0.15) is 47.1 Å². The number of rotatable bonds is 5. The lowest BCUT2D eigenvalue weighted by Crippen LogP contribution is -2.56. The van der Waals surface area contributed by atoms with Crippen molar-refractivity contribution in [3.8, 4) is 0 Å². The van der Waals surface area contributed by atoms with Gasteiger partial charge in [-0.25, -0.2) is 0 Å². The number of ether oxygens (including phenoxy) is 7. The Morgan fingerprint density at radius 1 is 0.857 bits per heavy atom. The summed E-state index contributed by atoms with van der Waals surface area (Å²) in [4.78, 5) is 0.0614. The molecule has 11 heteroatoms. The van der Waals surface area contributed by atoms with Gasteiger partial charge >= 0.3 is 0 Å². The van der Waals surface area contributed by atoms with Crippen molar-refractivity contribution in [2.75, 3.05) is 13.2 Å². The van der Waals surface area contributed by atoms with E-state index in [-0.39, 0.29) is 18.1 Å². The normalized spacial score (nSPS) is 39.3. The fourth-order valence-corrected chi connectivity index (χ4v) is 6.08. The van der Waals surface area contributed by atoms with E-state index in [0.29, 0.717) is 0 Å². The van der Waals surface area contributed by atoms with E-state index in [2.05, 4.69) is 0 Å². The van der Waals surface area contributed by atoms with Crippen molar-refractivity contribution in [3.05, 3.63) is 29.8 Å². The summed E-state index contributed by atoms with van der Waals surface area (Å²) in [6.07, 6.45) is -3.31. The van der Waals surface area contributed by atoms with E-state index < -0.39 is 63.8 Å². The van der Waals surface area contributed by atoms with Crippen LogP contribution in [0.5, 0.6) is 0 Å². The topological polar surface area (TPSA) is 108 Å². The van der Waals surface area contributed by atoms with Crippen molar-refractivity contribution in [1.82, 2.24) is 0 Å². The Hall–Kier alpha value is -1.15. The van der Waals surface area contributed by atoms with Gasteiger partial charge in [-0.1, -0.05) is 17.7 Å². The van der Waals surface area contributed by atoms with E-state index in [1.165, 1.54) is 12.1 Å². The van der Waals surface area contributed by atoms with E-state index >= 15 is 0 Å². The molecular formula is C24H34O10S. The summed E-state index contributed by atoms with van der Waals surface area (Å²) in [5.74, 6) is -4.29. The Labute approximate surface area is 206 Å². The van der Waals surface area contributed by atoms with Crippen molar-refractivity contribution < 1.29 is 45.8 Å². The average Bonchev–Trinajstić information content (AvgIpc) is 3.30. The molecule has 1 aromatic carbocycles. The highest BCUT2D eigenvalue weighted by atomic mass is 32.2. The van der Waals surface area contributed by atoms with Gasteiger partial charge in [-0.3, -0.25) is 4.18 Å². The summed E-state index contributed by atoms with van der Waals surface area (Å²) in [6.45, 7) is 12.6. The van der Waals surface area contributed by atoms with Gasteiger partial charge < -0.3 is 33.2 Å². The molecule has 0 bridgehead atoms. The lowest BCUT2D eigenvalue weighted by molar-refractivity contribution is -0.339. The second-order valence-corrected chi connectivity index (χ2v) is 12.5. The Bertz CT molecular complexity index is 1070. The van der Waals surface area contributed by atoms with Gasteiger partial charge in [-0.2, -0.15) is 8.42 Å². The average molecular weight is 515 g/mol. The van der Waals surface area contributed by atoms with Crippen LogP contribution in [0.4, 0.5) is 0 Å². The molecule has 0 N–H and O–H groups in total. The summed E-state index contributed by atoms with van der Waals surface area (Å²) in [5, 5.41) is 0. The predicted octanol–water partition coefficient (Wildman–Crippen LogP) is 2.62. The first kappa shape index (κ1) is 25.5. The minimum atomic E-state index is -4.03. The van der Waals surface area contributed by atoms with Crippen molar-refractivity contribution in [1.29, 1.82) is 0 Å². The van der Waals surface area contributed by atoms with Crippen molar-refractivity contribution in [3.63, 3.8) is 0 Å². The van der Waals surface area contributed by atoms with Crippen LogP contribution in [0, 0.1) is 6.92 Å². The van der Waals surface area contributed by atoms with Gasteiger partial charge in [-0.05, 0) is 60.6 Å². The molecule has 0 saturated carbocycles. The van der Waals surface area contributed by atoms with Crippen molar-refractivity contribution >= 4 is 10.1 Å². The standard InChI is InChI=1S/C24H34O10S/c1-14-8-10-15(11-9-14)35(25,26)28-13-17-19(32-22(4,5)29-17)24-20(33-23(6,7)34-24)18-16(30-24)12-27-21(2,3)31-18/h8-11,16-20H,12-13H2,1-7H3/t16-,17-,18+,19+,20-,24-/m0/s1. The first-order valence-electron chi connectivity index (χ1n) is 11.8. The number of fused-ring (bicyclic) bond motifs is 3. The van der Waals surface area contributed by atoms with Crippen LogP contribution in [0.3, 0.4) is 0 Å². The maximum Gasteiger partial charge on any atom is 0.297 e. The van der Waals surface area contributed by atoms with Crippen LogP contribution in [-0.4, -0.2) is 75.3 Å². The summed E-state index contributed by atoms with van der Waals surface area (Å²) >= 11 is 0. The molecule has 4 saturated heterocycles. The molecule has 0 amide bonds. The number of hydrogen-bond acceptors (Lipinski definition) is 10. The third-order valence-corrected chi connectivity index (χ3v) is 7.80. The molecule has 0 aromatic heterocycles. The molecule has 4 aliphatic heterocycles. The molecule has 4 fully saturated rings. The predicted molar refractivity (Wildman–Crippen MR) is 121 cm³/mol. The lowest BCUT2D eigenvalue weighted by atomic mass is 9.96. The van der Waals surface area contributed by atoms with Gasteiger partial charge in [0.1, 0.15) is 30.5 Å². The van der Waals surface area contributed by atoms with Gasteiger partial charge in [0, 0.05) is 0 Å². The number of hydrogen-bond donors (Lipinski definition) is 0. The van der Waals surface area contributed by atoms with Gasteiger partial charge in [0.15, 0.2) is 17.4 Å². The second-order valence-electron chi connectivity index (χ2n) is 10.9. The molecule has 196 valence electrons. The molecule has 35 heavy (non-hydrogen) atoms. The third-order valence-electron chi connectivity index (χ3n) is 6.51. The Balaban J connectivity index is 1.43. The van der Waals surface area contributed by atoms with E-state index in [0.717, 1.165) is 5.56 Å². The van der Waals surface area contributed by atoms with Crippen molar-refractivity contribution in [2.45, 2.75) is 107 Å². The van der Waals surface area contributed by atoms with Crippen molar-refractivity contribution in [2.24, 2.45) is 0 Å². The molecule has 1 aromatic rings. The van der Waals surface area contributed by atoms with Gasteiger partial charge in [0.2, 0.25) is 5.79 Å². The molecule has 4 heterocycles. The quantitative estimate of drug-likeness (QED) is 0.544. The van der Waals surface area contributed by atoms with Gasteiger partial charge in [0.05, 0.1) is 18.1 Å². The van der Waals surface area contributed by atoms with Gasteiger partial charge in [-0.15, -0.1) is 0 Å². The summed E-state index contributed by atoms with van der Waals surface area (Å²) in [5.41, 5.74) is 0.943. The molecule has 0 unspecified atom stereocenters. The summed E-state index contributed by atoms with van der Waals surface area (Å²) in [6, 6.07) is 6.44. The van der Waals surface area contributed by atoms with E-state index in [1.807, 2.05) is 20.8 Å². The fourth-order valence-electron chi connectivity index (χ4n) is 5.17. The minimum Gasteiger partial charge on any atom is -0.348 e. The molecule has 0 aliphatic carbocycles. The molecule has 5 rings (SSSR count). The van der Waals surface area contributed by atoms with Crippen LogP contribution in [-0.2, 0) is 47.5 Å². The highest BCUT2D eigenvalue weighted by Crippen LogP contribution is 2.54. The molecule has 0 spiro atoms. The van der Waals surface area contributed by atoms with E-state index in [1.54, 1.807) is 39.8 Å².